The van der Waals surface area contributed by atoms with Gasteiger partial charge in [-0.2, -0.15) is 0 Å². The molecule has 0 spiro atoms. The number of thiophene rings is 1. The number of thiazole rings is 1. The minimum absolute atomic E-state index is 0.0122. The van der Waals surface area contributed by atoms with E-state index >= 15 is 0 Å². The molecule has 3 aromatic rings. The van der Waals surface area contributed by atoms with E-state index in [2.05, 4.69) is 29.4 Å². The average Bonchev–Trinajstić information content (AvgIpc) is 3.31. The van der Waals surface area contributed by atoms with Gasteiger partial charge in [0.05, 0.1) is 22.6 Å². The molecule has 2 unspecified atom stereocenters. The van der Waals surface area contributed by atoms with Gasteiger partial charge >= 0.3 is 0 Å². The summed E-state index contributed by atoms with van der Waals surface area (Å²) in [5.41, 5.74) is 1.98. The van der Waals surface area contributed by atoms with Crippen LogP contribution < -0.4 is 5.32 Å². The number of nitrogens with zero attached hydrogens (tertiary/aromatic N) is 1. The Hall–Kier alpha value is -2.02. The van der Waals surface area contributed by atoms with Gasteiger partial charge in [-0.1, -0.05) is 30.3 Å². The molecule has 134 valence electrons. The fourth-order valence-electron chi connectivity index (χ4n) is 3.24. The van der Waals surface area contributed by atoms with Gasteiger partial charge in [-0.15, -0.1) is 22.7 Å². The highest BCUT2D eigenvalue weighted by Gasteiger charge is 2.33. The Balaban J connectivity index is 1.49. The van der Waals surface area contributed by atoms with Crippen LogP contribution >= 0.6 is 22.7 Å². The highest BCUT2D eigenvalue weighted by molar-refractivity contribution is 7.17. The minimum Gasteiger partial charge on any atom is -0.373 e. The molecule has 1 amide bonds. The second-order valence-corrected chi connectivity index (χ2v) is 8.53. The summed E-state index contributed by atoms with van der Waals surface area (Å²) in [5.74, 6) is -0.204. The summed E-state index contributed by atoms with van der Waals surface area (Å²) in [6.45, 7) is 2.78. The van der Waals surface area contributed by atoms with Crippen LogP contribution in [0.4, 0.5) is 5.13 Å². The summed E-state index contributed by atoms with van der Waals surface area (Å²) in [7, 11) is 0. The fraction of sp³-hybridized carbons (Fsp3) is 0.300. The van der Waals surface area contributed by atoms with Crippen molar-refractivity contribution in [2.45, 2.75) is 25.9 Å². The molecular formula is C20H20N2O2S2. The number of carbonyl (C=O) groups is 1. The average molecular weight is 385 g/mol. The number of aryl methyl sites for hydroxylation is 1. The van der Waals surface area contributed by atoms with Crippen LogP contribution in [0.1, 0.15) is 29.4 Å². The van der Waals surface area contributed by atoms with Crippen LogP contribution in [0.5, 0.6) is 0 Å². The molecule has 4 nitrogen and oxygen atoms in total. The smallest absolute Gasteiger partial charge is 0.232 e. The van der Waals surface area contributed by atoms with E-state index < -0.39 is 0 Å². The molecular weight excluding hydrogens is 364 g/mol. The SMILES string of the molecule is Cc1ccc(-c2csc(NC(=O)C3CCCOC3c3ccccc3)n2)s1. The third-order valence-electron chi connectivity index (χ3n) is 4.51. The van der Waals surface area contributed by atoms with Crippen molar-refractivity contribution in [1.82, 2.24) is 4.98 Å². The van der Waals surface area contributed by atoms with Gasteiger partial charge in [0.15, 0.2) is 5.13 Å². The van der Waals surface area contributed by atoms with Crippen molar-refractivity contribution in [2.24, 2.45) is 5.92 Å². The zero-order chi connectivity index (χ0) is 17.9. The van der Waals surface area contributed by atoms with E-state index in [1.165, 1.54) is 16.2 Å². The van der Waals surface area contributed by atoms with Crippen molar-refractivity contribution < 1.29 is 9.53 Å². The summed E-state index contributed by atoms with van der Waals surface area (Å²) in [4.78, 5) is 19.8. The lowest BCUT2D eigenvalue weighted by atomic mass is 9.89. The summed E-state index contributed by atoms with van der Waals surface area (Å²) in [6.07, 6.45) is 1.54. The zero-order valence-electron chi connectivity index (χ0n) is 14.5. The second-order valence-electron chi connectivity index (χ2n) is 6.39. The van der Waals surface area contributed by atoms with Gasteiger partial charge in [-0.25, -0.2) is 4.98 Å². The summed E-state index contributed by atoms with van der Waals surface area (Å²) in [6, 6.07) is 14.2. The van der Waals surface area contributed by atoms with Gasteiger partial charge in [0.25, 0.3) is 0 Å². The molecule has 1 N–H and O–H groups in total. The van der Waals surface area contributed by atoms with Crippen molar-refractivity contribution >= 4 is 33.7 Å². The van der Waals surface area contributed by atoms with Crippen LogP contribution in [0.3, 0.4) is 0 Å². The number of amides is 1. The lowest BCUT2D eigenvalue weighted by Gasteiger charge is -2.30. The number of hydrogen-bond donors (Lipinski definition) is 1. The van der Waals surface area contributed by atoms with E-state index in [1.54, 1.807) is 11.3 Å². The molecule has 2 atom stereocenters. The van der Waals surface area contributed by atoms with Crippen LogP contribution in [-0.2, 0) is 9.53 Å². The normalized spacial score (nSPS) is 20.0. The number of nitrogens with one attached hydrogen (secondary N) is 1. The third-order valence-corrected chi connectivity index (χ3v) is 6.30. The second kappa shape index (κ2) is 7.70. The van der Waals surface area contributed by atoms with E-state index in [4.69, 9.17) is 4.74 Å². The molecule has 1 saturated heterocycles. The molecule has 0 saturated carbocycles. The Morgan fingerprint density at radius 1 is 1.23 bits per heavy atom. The van der Waals surface area contributed by atoms with Crippen LogP contribution in [0.2, 0.25) is 0 Å². The Kier molecular flexibility index (Phi) is 5.15. The highest BCUT2D eigenvalue weighted by atomic mass is 32.1. The van der Waals surface area contributed by atoms with Crippen molar-refractivity contribution in [3.8, 4) is 10.6 Å². The number of carbonyl (C=O) groups excluding carboxylic acids is 1. The van der Waals surface area contributed by atoms with E-state index in [-0.39, 0.29) is 17.9 Å². The lowest BCUT2D eigenvalue weighted by molar-refractivity contribution is -0.129. The topological polar surface area (TPSA) is 51.2 Å². The first-order valence-electron chi connectivity index (χ1n) is 8.70. The Morgan fingerprint density at radius 2 is 2.08 bits per heavy atom. The van der Waals surface area contributed by atoms with Crippen LogP contribution in [0, 0.1) is 12.8 Å². The molecule has 1 aromatic carbocycles. The Labute approximate surface area is 160 Å². The maximum absolute atomic E-state index is 12.9. The van der Waals surface area contributed by atoms with E-state index in [0.717, 1.165) is 29.0 Å². The largest absolute Gasteiger partial charge is 0.373 e. The number of anilines is 1. The third kappa shape index (κ3) is 3.72. The molecule has 0 aliphatic carbocycles. The summed E-state index contributed by atoms with van der Waals surface area (Å²) >= 11 is 3.18. The molecule has 1 fully saturated rings. The first-order chi connectivity index (χ1) is 12.7. The quantitative estimate of drug-likeness (QED) is 0.665. The molecule has 1 aliphatic rings. The fourth-order valence-corrected chi connectivity index (χ4v) is 4.85. The van der Waals surface area contributed by atoms with Gasteiger partial charge in [0.2, 0.25) is 5.91 Å². The van der Waals surface area contributed by atoms with Crippen molar-refractivity contribution in [1.29, 1.82) is 0 Å². The summed E-state index contributed by atoms with van der Waals surface area (Å²) < 4.78 is 5.94. The first-order valence-corrected chi connectivity index (χ1v) is 10.4. The van der Waals surface area contributed by atoms with Gasteiger partial charge in [-0.05, 0) is 37.5 Å². The lowest BCUT2D eigenvalue weighted by Crippen LogP contribution is -2.33. The van der Waals surface area contributed by atoms with Crippen molar-refractivity contribution in [3.05, 3.63) is 58.3 Å². The van der Waals surface area contributed by atoms with E-state index in [0.29, 0.717) is 11.7 Å². The van der Waals surface area contributed by atoms with E-state index in [1.807, 2.05) is 35.7 Å². The van der Waals surface area contributed by atoms with Gasteiger partial charge in [0, 0.05) is 16.9 Å². The minimum atomic E-state index is -0.192. The van der Waals surface area contributed by atoms with E-state index in [9.17, 15) is 4.79 Å². The zero-order valence-corrected chi connectivity index (χ0v) is 16.1. The van der Waals surface area contributed by atoms with Crippen LogP contribution in [0.25, 0.3) is 10.6 Å². The van der Waals surface area contributed by atoms with Crippen molar-refractivity contribution in [3.63, 3.8) is 0 Å². The predicted octanol–water partition coefficient (Wildman–Crippen LogP) is 5.29. The monoisotopic (exact) mass is 384 g/mol. The molecule has 0 bridgehead atoms. The standard InChI is InChI=1S/C20H20N2O2S2/c1-13-9-10-17(26-13)16-12-25-20(21-16)22-19(23)15-8-5-11-24-18(15)14-6-3-2-4-7-14/h2-4,6-7,9-10,12,15,18H,5,8,11H2,1H3,(H,21,22,23). The number of benzene rings is 1. The maximum atomic E-state index is 12.9. The van der Waals surface area contributed by atoms with Crippen LogP contribution in [0.15, 0.2) is 47.8 Å². The van der Waals surface area contributed by atoms with Crippen molar-refractivity contribution in [2.75, 3.05) is 11.9 Å². The molecule has 26 heavy (non-hydrogen) atoms. The maximum Gasteiger partial charge on any atom is 0.232 e. The van der Waals surface area contributed by atoms with Gasteiger partial charge in [0.1, 0.15) is 0 Å². The van der Waals surface area contributed by atoms with Gasteiger partial charge < -0.3 is 10.1 Å². The molecule has 4 rings (SSSR count). The molecule has 1 aliphatic heterocycles. The van der Waals surface area contributed by atoms with Crippen LogP contribution in [-0.4, -0.2) is 17.5 Å². The molecule has 0 radical (unpaired) electrons. The molecule has 3 heterocycles. The molecule has 6 heteroatoms. The first kappa shape index (κ1) is 17.4. The Morgan fingerprint density at radius 3 is 2.85 bits per heavy atom. The van der Waals surface area contributed by atoms with Gasteiger partial charge in [-0.3, -0.25) is 4.79 Å². The number of rotatable bonds is 4. The number of hydrogen-bond acceptors (Lipinski definition) is 5. The number of ether oxygens (including phenoxy) is 1. The Bertz CT molecular complexity index is 888. The molecule has 2 aromatic heterocycles. The predicted molar refractivity (Wildman–Crippen MR) is 107 cm³/mol. The highest BCUT2D eigenvalue weighted by Crippen LogP contribution is 2.35. The number of aromatic nitrogens is 1. The summed E-state index contributed by atoms with van der Waals surface area (Å²) in [5, 5.41) is 5.64.